The molecule has 1 aromatic carbocycles. The van der Waals surface area contributed by atoms with Crippen LogP contribution in [0.5, 0.6) is 5.75 Å². The second kappa shape index (κ2) is 8.53. The molecule has 0 fully saturated rings. The minimum Gasteiger partial charge on any atom is -0.492 e. The van der Waals surface area contributed by atoms with E-state index in [0.29, 0.717) is 31.2 Å². The lowest BCUT2D eigenvalue weighted by atomic mass is 10.0. The predicted molar refractivity (Wildman–Crippen MR) is 78.3 cm³/mol. The van der Waals surface area contributed by atoms with Crippen molar-refractivity contribution in [2.45, 2.75) is 33.1 Å². The molecule has 106 valence electrons. The third kappa shape index (κ3) is 5.75. The molecule has 0 radical (unpaired) electrons. The summed E-state index contributed by atoms with van der Waals surface area (Å²) in [5, 5.41) is 2.90. The number of carbonyl (C=O) groups excluding carboxylic acids is 1. The van der Waals surface area contributed by atoms with Crippen LogP contribution in [0.15, 0.2) is 24.3 Å². The number of benzene rings is 1. The number of ether oxygens (including phenoxy) is 1. The van der Waals surface area contributed by atoms with Gasteiger partial charge in [-0.05, 0) is 44.4 Å². The Balaban J connectivity index is 2.48. The Hall–Kier alpha value is -1.55. The number of carbonyl (C=O) groups is 1. The minimum absolute atomic E-state index is 0.0241. The summed E-state index contributed by atoms with van der Waals surface area (Å²) in [7, 11) is 0. The molecule has 0 aliphatic rings. The van der Waals surface area contributed by atoms with E-state index in [-0.39, 0.29) is 5.91 Å². The zero-order chi connectivity index (χ0) is 14.1. The van der Waals surface area contributed by atoms with Crippen LogP contribution in [0.2, 0.25) is 0 Å². The van der Waals surface area contributed by atoms with E-state index in [1.165, 1.54) is 0 Å². The Bertz CT molecular complexity index is 393. The van der Waals surface area contributed by atoms with Crippen LogP contribution in [-0.4, -0.2) is 19.1 Å². The highest BCUT2D eigenvalue weighted by atomic mass is 16.5. The molecular formula is C15H24N2O2. The first-order valence-corrected chi connectivity index (χ1v) is 6.89. The van der Waals surface area contributed by atoms with Crippen LogP contribution in [-0.2, 0) is 4.79 Å². The summed E-state index contributed by atoms with van der Waals surface area (Å²) in [5.74, 6) is 1.22. The fraction of sp³-hybridized carbons (Fsp3) is 0.533. The number of amides is 1. The van der Waals surface area contributed by atoms with E-state index in [1.54, 1.807) is 0 Å². The quantitative estimate of drug-likeness (QED) is 0.759. The Morgan fingerprint density at radius 1 is 1.37 bits per heavy atom. The Morgan fingerprint density at radius 3 is 2.79 bits per heavy atom. The summed E-state index contributed by atoms with van der Waals surface area (Å²) < 4.78 is 5.47. The molecule has 4 nitrogen and oxygen atoms in total. The highest BCUT2D eigenvalue weighted by Crippen LogP contribution is 2.24. The van der Waals surface area contributed by atoms with E-state index in [0.717, 1.165) is 18.5 Å². The molecular weight excluding hydrogens is 240 g/mol. The second-order valence-electron chi connectivity index (χ2n) is 4.70. The molecule has 1 rings (SSSR count). The lowest BCUT2D eigenvalue weighted by Crippen LogP contribution is -2.14. The van der Waals surface area contributed by atoms with Gasteiger partial charge in [0.25, 0.3) is 0 Å². The average Bonchev–Trinajstić information content (AvgIpc) is 2.39. The third-order valence-electron chi connectivity index (χ3n) is 2.98. The number of rotatable bonds is 8. The van der Waals surface area contributed by atoms with Crippen molar-refractivity contribution in [3.05, 3.63) is 24.3 Å². The third-order valence-corrected chi connectivity index (χ3v) is 2.98. The first kappa shape index (κ1) is 15.5. The van der Waals surface area contributed by atoms with Crippen LogP contribution < -0.4 is 15.8 Å². The number of hydrogen-bond donors (Lipinski definition) is 2. The van der Waals surface area contributed by atoms with Crippen molar-refractivity contribution in [3.63, 3.8) is 0 Å². The predicted octanol–water partition coefficient (Wildman–Crippen LogP) is 2.79. The maximum absolute atomic E-state index is 11.9. The fourth-order valence-corrected chi connectivity index (χ4v) is 1.87. The van der Waals surface area contributed by atoms with Crippen LogP contribution in [0.4, 0.5) is 5.69 Å². The standard InChI is InChI=1S/C15H24N2O2/c1-3-19-14-7-5-4-6-13(14)17-15(18)9-8-12(2)10-11-16/h4-7,12H,3,8-11,16H2,1-2H3,(H,17,18). The molecule has 0 saturated carbocycles. The van der Waals surface area contributed by atoms with E-state index >= 15 is 0 Å². The molecule has 1 aromatic rings. The van der Waals surface area contributed by atoms with Crippen molar-refractivity contribution >= 4 is 11.6 Å². The second-order valence-corrected chi connectivity index (χ2v) is 4.70. The molecule has 19 heavy (non-hydrogen) atoms. The van der Waals surface area contributed by atoms with E-state index in [2.05, 4.69) is 12.2 Å². The lowest BCUT2D eigenvalue weighted by molar-refractivity contribution is -0.116. The van der Waals surface area contributed by atoms with Gasteiger partial charge in [-0.15, -0.1) is 0 Å². The Morgan fingerprint density at radius 2 is 2.11 bits per heavy atom. The molecule has 0 spiro atoms. The molecule has 1 amide bonds. The summed E-state index contributed by atoms with van der Waals surface area (Å²) >= 11 is 0. The number of nitrogens with two attached hydrogens (primary N) is 1. The van der Waals surface area contributed by atoms with E-state index in [4.69, 9.17) is 10.5 Å². The summed E-state index contributed by atoms with van der Waals surface area (Å²) in [6.45, 7) is 5.30. The highest BCUT2D eigenvalue weighted by molar-refractivity contribution is 5.92. The van der Waals surface area contributed by atoms with Gasteiger partial charge in [0.1, 0.15) is 5.75 Å². The smallest absolute Gasteiger partial charge is 0.224 e. The van der Waals surface area contributed by atoms with Crippen LogP contribution >= 0.6 is 0 Å². The van der Waals surface area contributed by atoms with Gasteiger partial charge < -0.3 is 15.8 Å². The van der Waals surface area contributed by atoms with Gasteiger partial charge in [-0.1, -0.05) is 19.1 Å². The first-order chi connectivity index (χ1) is 9.17. The van der Waals surface area contributed by atoms with Crippen molar-refractivity contribution in [1.29, 1.82) is 0 Å². The van der Waals surface area contributed by atoms with Gasteiger partial charge in [-0.2, -0.15) is 0 Å². The normalized spacial score (nSPS) is 11.9. The SMILES string of the molecule is CCOc1ccccc1NC(=O)CCC(C)CCN. The summed E-state index contributed by atoms with van der Waals surface area (Å²) in [4.78, 5) is 11.9. The van der Waals surface area contributed by atoms with Gasteiger partial charge in [0.2, 0.25) is 5.91 Å². The number of anilines is 1. The van der Waals surface area contributed by atoms with E-state index < -0.39 is 0 Å². The van der Waals surface area contributed by atoms with Crippen LogP contribution in [0, 0.1) is 5.92 Å². The summed E-state index contributed by atoms with van der Waals surface area (Å²) in [5.41, 5.74) is 6.23. The Labute approximate surface area is 115 Å². The molecule has 0 aliphatic heterocycles. The van der Waals surface area contributed by atoms with Crippen LogP contribution in [0.1, 0.15) is 33.1 Å². The maximum Gasteiger partial charge on any atom is 0.224 e. The highest BCUT2D eigenvalue weighted by Gasteiger charge is 2.09. The van der Waals surface area contributed by atoms with Gasteiger partial charge in [0.15, 0.2) is 0 Å². The van der Waals surface area contributed by atoms with Crippen molar-refractivity contribution in [3.8, 4) is 5.75 Å². The molecule has 3 N–H and O–H groups in total. The van der Waals surface area contributed by atoms with Crippen molar-refractivity contribution < 1.29 is 9.53 Å². The molecule has 0 bridgehead atoms. The van der Waals surface area contributed by atoms with Crippen molar-refractivity contribution in [1.82, 2.24) is 0 Å². The molecule has 1 unspecified atom stereocenters. The number of hydrogen-bond acceptors (Lipinski definition) is 3. The van der Waals surface area contributed by atoms with Crippen LogP contribution in [0.3, 0.4) is 0 Å². The summed E-state index contributed by atoms with van der Waals surface area (Å²) in [6.07, 6.45) is 2.34. The van der Waals surface area contributed by atoms with Gasteiger partial charge in [-0.25, -0.2) is 0 Å². The van der Waals surface area contributed by atoms with Crippen molar-refractivity contribution in [2.24, 2.45) is 11.7 Å². The van der Waals surface area contributed by atoms with Gasteiger partial charge in [-0.3, -0.25) is 4.79 Å². The topological polar surface area (TPSA) is 64.3 Å². The molecule has 0 aliphatic carbocycles. The van der Waals surface area contributed by atoms with Gasteiger partial charge in [0, 0.05) is 6.42 Å². The minimum atomic E-state index is 0.0241. The molecule has 1 atom stereocenters. The number of nitrogens with one attached hydrogen (secondary N) is 1. The zero-order valence-corrected chi connectivity index (χ0v) is 11.8. The molecule has 0 heterocycles. The zero-order valence-electron chi connectivity index (χ0n) is 11.8. The van der Waals surface area contributed by atoms with E-state index in [9.17, 15) is 4.79 Å². The first-order valence-electron chi connectivity index (χ1n) is 6.89. The number of para-hydroxylation sites is 2. The van der Waals surface area contributed by atoms with Crippen LogP contribution in [0.25, 0.3) is 0 Å². The van der Waals surface area contributed by atoms with Gasteiger partial charge >= 0.3 is 0 Å². The van der Waals surface area contributed by atoms with E-state index in [1.807, 2.05) is 31.2 Å². The maximum atomic E-state index is 11.9. The molecule has 0 aromatic heterocycles. The Kier molecular flexibility index (Phi) is 6.97. The average molecular weight is 264 g/mol. The largest absolute Gasteiger partial charge is 0.492 e. The molecule has 0 saturated heterocycles. The van der Waals surface area contributed by atoms with Crippen molar-refractivity contribution in [2.75, 3.05) is 18.5 Å². The fourth-order valence-electron chi connectivity index (χ4n) is 1.87. The monoisotopic (exact) mass is 264 g/mol. The summed E-state index contributed by atoms with van der Waals surface area (Å²) in [6, 6.07) is 7.49. The molecule has 4 heteroatoms. The van der Waals surface area contributed by atoms with Gasteiger partial charge in [0.05, 0.1) is 12.3 Å². The lowest BCUT2D eigenvalue weighted by Gasteiger charge is -2.12.